The maximum absolute atomic E-state index is 11.3. The van der Waals surface area contributed by atoms with Gasteiger partial charge < -0.3 is 40.5 Å². The Balaban J connectivity index is -0.00000578. The molecule has 0 saturated heterocycles. The van der Waals surface area contributed by atoms with E-state index < -0.39 is 30.4 Å². The number of carboxylic acids is 3. The van der Waals surface area contributed by atoms with E-state index >= 15 is 0 Å². The van der Waals surface area contributed by atoms with Crippen LogP contribution < -0.4 is 10.6 Å². The second-order valence-electron chi connectivity index (χ2n) is 7.85. The summed E-state index contributed by atoms with van der Waals surface area (Å²) in [5, 5.41) is 53.3. The molecule has 219 valence electrons. The predicted octanol–water partition coefficient (Wildman–Crippen LogP) is -4.67. The molecule has 0 rings (SSSR count). The molecule has 10 N–H and O–H groups in total. The fraction of sp³-hybridized carbons (Fsp3) is 0.850. The van der Waals surface area contributed by atoms with Crippen LogP contribution in [0.4, 0.5) is 0 Å². The molecule has 0 bridgehead atoms. The molecule has 0 aromatic heterocycles. The molecular formula is C20H44GdN5O11+4. The molecule has 2 unspecified atom stereocenters. The number of aliphatic carboxylic acids is 3. The van der Waals surface area contributed by atoms with Gasteiger partial charge in [-0.05, 0) is 0 Å². The van der Waals surface area contributed by atoms with Gasteiger partial charge >= 0.3 is 57.8 Å². The summed E-state index contributed by atoms with van der Waals surface area (Å²) in [6, 6.07) is 0. The van der Waals surface area contributed by atoms with Crippen molar-refractivity contribution < 1.29 is 94.8 Å². The van der Waals surface area contributed by atoms with Crippen molar-refractivity contribution in [1.29, 1.82) is 0 Å². The van der Waals surface area contributed by atoms with Gasteiger partial charge in [-0.25, -0.2) is 0 Å². The van der Waals surface area contributed by atoms with E-state index in [9.17, 15) is 39.9 Å². The first-order valence-electron chi connectivity index (χ1n) is 11.2. The Hall–Kier alpha value is -0.665. The Bertz CT molecular complexity index is 567. The summed E-state index contributed by atoms with van der Waals surface area (Å²) in [4.78, 5) is 38.2. The van der Waals surface area contributed by atoms with E-state index in [1.807, 2.05) is 0 Å². The van der Waals surface area contributed by atoms with Gasteiger partial charge in [0.15, 0.2) is 0 Å². The van der Waals surface area contributed by atoms with Crippen LogP contribution in [0.2, 0.25) is 0 Å². The number of rotatable bonds is 24. The Kier molecular flexibility index (Phi) is 28.3. The number of hydrogen-bond acceptors (Lipinski definition) is 12. The number of aliphatic hydroxyl groups is 2. The van der Waals surface area contributed by atoms with Gasteiger partial charge in [0.1, 0.15) is 12.5 Å². The Morgan fingerprint density at radius 3 is 1.27 bits per heavy atom. The third-order valence-electron chi connectivity index (χ3n) is 4.78. The largest absolute Gasteiger partial charge is 3.00 e. The van der Waals surface area contributed by atoms with Gasteiger partial charge in [-0.3, -0.25) is 39.7 Å². The summed E-state index contributed by atoms with van der Waals surface area (Å²) >= 11 is 0. The topological polar surface area (TPSA) is 238 Å². The number of ether oxygens (including phenoxy) is 2. The molecule has 2 atom stereocenters. The summed E-state index contributed by atoms with van der Waals surface area (Å²) in [5.74, 6) is -3.29. The molecule has 0 heterocycles. The average molecular weight is 688 g/mol. The standard InChI is InChI=1S/C20H41N5O10.Gd.H2O/c1-34-9-3-21-16(26)11-24(14-19(30)31)7-5-23(13-18(28)29)6-8-25(15-20(32)33)12-17(27)22-4-10-35-2;;/h16-17,21-22,26-27H,3-15H2,1-2H3,(H,28,29)(H,30,31)(H,32,33);;1H2/q;+3;/p+1. The van der Waals surface area contributed by atoms with Crippen LogP contribution >= 0.6 is 0 Å². The smallest absolute Gasteiger partial charge is 0.480 e. The SMILES string of the molecule is COCCNC(O)CN(CCN(CCN(CC(=O)O)CC(O)NCCOC)CC(=O)O)CC(=O)O.[Gd+3].[OH3+]. The van der Waals surface area contributed by atoms with Gasteiger partial charge in [0.2, 0.25) is 0 Å². The van der Waals surface area contributed by atoms with Gasteiger partial charge in [-0.2, -0.15) is 0 Å². The zero-order valence-electron chi connectivity index (χ0n) is 21.4. The van der Waals surface area contributed by atoms with Gasteiger partial charge in [-0.1, -0.05) is 0 Å². The number of aliphatic hydroxyl groups excluding tert-OH is 2. The second-order valence-corrected chi connectivity index (χ2v) is 7.85. The number of nitrogens with zero attached hydrogens (tertiary/aromatic N) is 3. The van der Waals surface area contributed by atoms with E-state index in [1.165, 1.54) is 24.0 Å². The number of carboxylic acid groups (broad SMARTS) is 3. The van der Waals surface area contributed by atoms with Crippen molar-refractivity contribution in [1.82, 2.24) is 25.3 Å². The van der Waals surface area contributed by atoms with Crippen molar-refractivity contribution in [3.05, 3.63) is 0 Å². The number of nitrogens with one attached hydrogen (secondary N) is 2. The normalized spacial score (nSPS) is 12.7. The zero-order valence-corrected chi connectivity index (χ0v) is 23.7. The molecular weight excluding hydrogens is 643 g/mol. The van der Waals surface area contributed by atoms with Crippen molar-refractivity contribution in [2.45, 2.75) is 12.5 Å². The number of hydrogen-bond donors (Lipinski definition) is 7. The molecule has 0 aromatic rings. The van der Waals surface area contributed by atoms with Crippen LogP contribution in [0.25, 0.3) is 0 Å². The van der Waals surface area contributed by atoms with Gasteiger partial charge in [0.25, 0.3) is 0 Å². The maximum atomic E-state index is 11.3. The molecule has 16 nitrogen and oxygen atoms in total. The van der Waals surface area contributed by atoms with Crippen molar-refractivity contribution in [3.8, 4) is 0 Å². The Morgan fingerprint density at radius 1 is 0.676 bits per heavy atom. The third-order valence-corrected chi connectivity index (χ3v) is 4.78. The summed E-state index contributed by atoms with van der Waals surface area (Å²) in [7, 11) is 3.02. The molecule has 0 fully saturated rings. The molecule has 17 heteroatoms. The van der Waals surface area contributed by atoms with Crippen molar-refractivity contribution in [2.75, 3.05) is 99.4 Å². The monoisotopic (exact) mass is 688 g/mol. The van der Waals surface area contributed by atoms with Crippen molar-refractivity contribution in [2.24, 2.45) is 0 Å². The minimum Gasteiger partial charge on any atom is -0.480 e. The third kappa shape index (κ3) is 25.4. The molecule has 0 saturated carbocycles. The van der Waals surface area contributed by atoms with Crippen LogP contribution in [0.3, 0.4) is 0 Å². The molecule has 0 aliphatic rings. The molecule has 0 aliphatic heterocycles. The first kappa shape index (κ1) is 40.8. The summed E-state index contributed by atoms with van der Waals surface area (Å²) in [6.45, 7) is 1.07. The van der Waals surface area contributed by atoms with E-state index in [-0.39, 0.29) is 104 Å². The fourth-order valence-corrected chi connectivity index (χ4v) is 3.15. The first-order chi connectivity index (χ1) is 16.6. The molecule has 0 aromatic carbocycles. The molecule has 37 heavy (non-hydrogen) atoms. The van der Waals surface area contributed by atoms with Gasteiger partial charge in [-0.15, -0.1) is 0 Å². The zero-order chi connectivity index (χ0) is 26.6. The maximum Gasteiger partial charge on any atom is 3.00 e. The van der Waals surface area contributed by atoms with Crippen LogP contribution in [0.15, 0.2) is 0 Å². The second kappa shape index (κ2) is 25.6. The Morgan fingerprint density at radius 2 is 0.973 bits per heavy atom. The van der Waals surface area contributed by atoms with E-state index in [2.05, 4.69) is 10.6 Å². The number of carbonyl (C=O) groups is 3. The van der Waals surface area contributed by atoms with Gasteiger partial charge in [0, 0.05) is 66.6 Å². The summed E-state index contributed by atoms with van der Waals surface area (Å²) in [6.07, 6.45) is -2.01. The van der Waals surface area contributed by atoms with Crippen molar-refractivity contribution >= 4 is 17.9 Å². The van der Waals surface area contributed by atoms with Crippen LogP contribution in [-0.2, 0) is 29.3 Å². The summed E-state index contributed by atoms with van der Waals surface area (Å²) < 4.78 is 9.77. The minimum absolute atomic E-state index is 0. The predicted molar refractivity (Wildman–Crippen MR) is 129 cm³/mol. The molecule has 0 amide bonds. The van der Waals surface area contributed by atoms with E-state index in [0.29, 0.717) is 26.3 Å². The Labute approximate surface area is 248 Å². The minimum atomic E-state index is -1.10. The summed E-state index contributed by atoms with van der Waals surface area (Å²) in [5.41, 5.74) is 0. The number of methoxy groups -OCH3 is 2. The quantitative estimate of drug-likeness (QED) is 0.0287. The molecule has 0 spiro atoms. The van der Waals surface area contributed by atoms with E-state index in [1.54, 1.807) is 4.90 Å². The molecule has 0 aliphatic carbocycles. The van der Waals surface area contributed by atoms with Crippen LogP contribution in [0.1, 0.15) is 0 Å². The first-order valence-corrected chi connectivity index (χ1v) is 11.2. The fourth-order valence-electron chi connectivity index (χ4n) is 3.15. The van der Waals surface area contributed by atoms with Crippen LogP contribution in [0.5, 0.6) is 0 Å². The average Bonchev–Trinajstić information content (AvgIpc) is 2.74. The van der Waals surface area contributed by atoms with Crippen LogP contribution in [0, 0.1) is 39.9 Å². The van der Waals surface area contributed by atoms with Crippen LogP contribution in [-0.4, -0.2) is 170 Å². The van der Waals surface area contributed by atoms with E-state index in [4.69, 9.17) is 9.47 Å². The van der Waals surface area contributed by atoms with Crippen molar-refractivity contribution in [3.63, 3.8) is 0 Å². The van der Waals surface area contributed by atoms with Gasteiger partial charge in [0.05, 0.1) is 32.8 Å². The van der Waals surface area contributed by atoms with E-state index in [0.717, 1.165) is 0 Å². The molecule has 1 radical (unpaired) electrons.